The minimum atomic E-state index is -0.425. The molecule has 0 aromatic heterocycles. The fourth-order valence-corrected chi connectivity index (χ4v) is 3.43. The van der Waals surface area contributed by atoms with Gasteiger partial charge in [-0.25, -0.2) is 0 Å². The molecule has 1 saturated carbocycles. The first-order valence-electron chi connectivity index (χ1n) is 7.48. The molecule has 1 fully saturated rings. The van der Waals surface area contributed by atoms with Gasteiger partial charge in [0.2, 0.25) is 0 Å². The molecular formula is C17H24O3. The van der Waals surface area contributed by atoms with Crippen LogP contribution in [0.5, 0.6) is 11.5 Å². The summed E-state index contributed by atoms with van der Waals surface area (Å²) >= 11 is 0. The standard InChI is InChI=1S/C17H24O3/c1-16(2)6-8-17(9-7-16)11-14(18)13-5-4-12(19-3)10-15(13)20-17/h4-5,10,14,18H,6-9,11H2,1-3H3/t14-/m0/s1. The summed E-state index contributed by atoms with van der Waals surface area (Å²) in [5, 5.41) is 10.5. The van der Waals surface area contributed by atoms with E-state index < -0.39 is 6.10 Å². The van der Waals surface area contributed by atoms with Gasteiger partial charge in [0.1, 0.15) is 17.1 Å². The minimum Gasteiger partial charge on any atom is -0.497 e. The Bertz CT molecular complexity index is 497. The second kappa shape index (κ2) is 4.66. The molecule has 1 aromatic rings. The van der Waals surface area contributed by atoms with Gasteiger partial charge in [0.25, 0.3) is 0 Å². The summed E-state index contributed by atoms with van der Waals surface area (Å²) in [7, 11) is 1.65. The Morgan fingerprint density at radius 2 is 1.90 bits per heavy atom. The van der Waals surface area contributed by atoms with Gasteiger partial charge in [-0.2, -0.15) is 0 Å². The van der Waals surface area contributed by atoms with Crippen LogP contribution >= 0.6 is 0 Å². The van der Waals surface area contributed by atoms with Gasteiger partial charge in [0, 0.05) is 18.1 Å². The lowest BCUT2D eigenvalue weighted by Crippen LogP contribution is -2.45. The number of rotatable bonds is 1. The average molecular weight is 276 g/mol. The number of aliphatic hydroxyl groups excluding tert-OH is 1. The van der Waals surface area contributed by atoms with Crippen molar-refractivity contribution in [2.45, 2.75) is 57.7 Å². The van der Waals surface area contributed by atoms with Crippen LogP contribution in [0.2, 0.25) is 0 Å². The first kappa shape index (κ1) is 13.7. The maximum Gasteiger partial charge on any atom is 0.129 e. The second-order valence-electron chi connectivity index (χ2n) is 7.07. The van der Waals surface area contributed by atoms with Crippen LogP contribution in [0.15, 0.2) is 18.2 Å². The number of hydrogen-bond donors (Lipinski definition) is 1. The van der Waals surface area contributed by atoms with Gasteiger partial charge in [-0.05, 0) is 43.2 Å². The van der Waals surface area contributed by atoms with Gasteiger partial charge in [-0.15, -0.1) is 0 Å². The van der Waals surface area contributed by atoms with Gasteiger partial charge in [0.05, 0.1) is 13.2 Å². The van der Waals surface area contributed by atoms with Gasteiger partial charge >= 0.3 is 0 Å². The Morgan fingerprint density at radius 3 is 2.55 bits per heavy atom. The molecule has 20 heavy (non-hydrogen) atoms. The first-order chi connectivity index (χ1) is 9.43. The van der Waals surface area contributed by atoms with Gasteiger partial charge in [-0.1, -0.05) is 13.8 Å². The zero-order valence-electron chi connectivity index (χ0n) is 12.6. The van der Waals surface area contributed by atoms with Gasteiger partial charge in [0.15, 0.2) is 0 Å². The summed E-state index contributed by atoms with van der Waals surface area (Å²) < 4.78 is 11.6. The van der Waals surface area contributed by atoms with Crippen molar-refractivity contribution in [3.8, 4) is 11.5 Å². The van der Waals surface area contributed by atoms with E-state index in [-0.39, 0.29) is 5.60 Å². The smallest absolute Gasteiger partial charge is 0.129 e. The number of fused-ring (bicyclic) bond motifs is 1. The molecule has 3 rings (SSSR count). The number of methoxy groups -OCH3 is 1. The summed E-state index contributed by atoms with van der Waals surface area (Å²) in [6.07, 6.45) is 4.63. The van der Waals surface area contributed by atoms with Gasteiger partial charge < -0.3 is 14.6 Å². The lowest BCUT2D eigenvalue weighted by molar-refractivity contribution is -0.0577. The van der Waals surface area contributed by atoms with Crippen LogP contribution in [0.3, 0.4) is 0 Å². The summed E-state index contributed by atoms with van der Waals surface area (Å²) in [6, 6.07) is 5.70. The largest absolute Gasteiger partial charge is 0.497 e. The molecule has 1 atom stereocenters. The Hall–Kier alpha value is -1.22. The molecule has 1 aliphatic heterocycles. The van der Waals surface area contributed by atoms with Crippen molar-refractivity contribution in [3.63, 3.8) is 0 Å². The van der Waals surface area contributed by atoms with Crippen molar-refractivity contribution < 1.29 is 14.6 Å². The van der Waals surface area contributed by atoms with E-state index in [9.17, 15) is 5.11 Å². The average Bonchev–Trinajstić information content (AvgIpc) is 2.42. The highest BCUT2D eigenvalue weighted by molar-refractivity contribution is 5.44. The topological polar surface area (TPSA) is 38.7 Å². The van der Waals surface area contributed by atoms with Crippen molar-refractivity contribution in [1.29, 1.82) is 0 Å². The maximum absolute atomic E-state index is 10.5. The van der Waals surface area contributed by atoms with Crippen LogP contribution < -0.4 is 9.47 Å². The van der Waals surface area contributed by atoms with E-state index in [1.54, 1.807) is 7.11 Å². The summed E-state index contributed by atoms with van der Waals surface area (Å²) in [4.78, 5) is 0. The first-order valence-corrected chi connectivity index (χ1v) is 7.48. The summed E-state index contributed by atoms with van der Waals surface area (Å²) in [5.41, 5.74) is 1.10. The van der Waals surface area contributed by atoms with Gasteiger partial charge in [-0.3, -0.25) is 0 Å². The van der Waals surface area contributed by atoms with E-state index >= 15 is 0 Å². The third-order valence-corrected chi connectivity index (χ3v) is 4.99. The predicted octanol–water partition coefficient (Wildman–Crippen LogP) is 3.85. The van der Waals surface area contributed by atoms with E-state index in [0.717, 1.165) is 42.7 Å². The number of hydrogen-bond acceptors (Lipinski definition) is 3. The minimum absolute atomic E-state index is 0.186. The van der Waals surface area contributed by atoms with Crippen LogP contribution in [0, 0.1) is 5.41 Å². The van der Waals surface area contributed by atoms with Crippen LogP contribution in [-0.2, 0) is 0 Å². The van der Waals surface area contributed by atoms with Crippen LogP contribution in [0.1, 0.15) is 57.6 Å². The van der Waals surface area contributed by atoms with Crippen molar-refractivity contribution >= 4 is 0 Å². The summed E-state index contributed by atoms with van der Waals surface area (Å²) in [6.45, 7) is 4.63. The number of aliphatic hydroxyl groups is 1. The highest BCUT2D eigenvalue weighted by atomic mass is 16.5. The Labute approximate surface area is 120 Å². The molecular weight excluding hydrogens is 252 g/mol. The monoisotopic (exact) mass is 276 g/mol. The molecule has 1 heterocycles. The fraction of sp³-hybridized carbons (Fsp3) is 0.647. The summed E-state index contributed by atoms with van der Waals surface area (Å²) in [5.74, 6) is 1.58. The fourth-order valence-electron chi connectivity index (χ4n) is 3.43. The quantitative estimate of drug-likeness (QED) is 0.846. The Balaban J connectivity index is 1.88. The van der Waals surface area contributed by atoms with Crippen LogP contribution in [0.4, 0.5) is 0 Å². The lowest BCUT2D eigenvalue weighted by atomic mass is 9.68. The van der Waals surface area contributed by atoms with Crippen molar-refractivity contribution in [2.75, 3.05) is 7.11 Å². The molecule has 2 aliphatic rings. The van der Waals surface area contributed by atoms with Crippen molar-refractivity contribution in [1.82, 2.24) is 0 Å². The highest BCUT2D eigenvalue weighted by Crippen LogP contribution is 2.50. The van der Waals surface area contributed by atoms with E-state index in [1.807, 2.05) is 18.2 Å². The third kappa shape index (κ3) is 2.39. The third-order valence-electron chi connectivity index (χ3n) is 4.99. The molecule has 3 heteroatoms. The zero-order chi connectivity index (χ0) is 14.4. The Kier molecular flexibility index (Phi) is 3.20. The van der Waals surface area contributed by atoms with Crippen LogP contribution in [-0.4, -0.2) is 17.8 Å². The van der Waals surface area contributed by atoms with E-state index in [1.165, 1.54) is 0 Å². The zero-order valence-corrected chi connectivity index (χ0v) is 12.6. The van der Waals surface area contributed by atoms with E-state index in [4.69, 9.17) is 9.47 Å². The second-order valence-corrected chi connectivity index (χ2v) is 7.07. The Morgan fingerprint density at radius 1 is 1.20 bits per heavy atom. The predicted molar refractivity (Wildman–Crippen MR) is 78.2 cm³/mol. The maximum atomic E-state index is 10.5. The molecule has 0 bridgehead atoms. The molecule has 0 radical (unpaired) electrons. The number of benzene rings is 1. The van der Waals surface area contributed by atoms with Crippen molar-refractivity contribution in [2.24, 2.45) is 5.41 Å². The molecule has 1 spiro atoms. The SMILES string of the molecule is COc1ccc2c(c1)OC1(CCC(C)(C)CC1)C[C@@H]2O. The van der Waals surface area contributed by atoms with E-state index in [0.29, 0.717) is 11.8 Å². The molecule has 0 amide bonds. The van der Waals surface area contributed by atoms with Crippen LogP contribution in [0.25, 0.3) is 0 Å². The molecule has 3 nitrogen and oxygen atoms in total. The molecule has 1 N–H and O–H groups in total. The lowest BCUT2D eigenvalue weighted by Gasteiger charge is -2.47. The highest BCUT2D eigenvalue weighted by Gasteiger charge is 2.44. The molecule has 0 saturated heterocycles. The molecule has 110 valence electrons. The molecule has 1 aromatic carbocycles. The normalized spacial score (nSPS) is 26.7. The number of ether oxygens (including phenoxy) is 2. The molecule has 1 aliphatic carbocycles. The van der Waals surface area contributed by atoms with E-state index in [2.05, 4.69) is 13.8 Å². The molecule has 0 unspecified atom stereocenters. The van der Waals surface area contributed by atoms with Crippen molar-refractivity contribution in [3.05, 3.63) is 23.8 Å².